The number of anilines is 1. The zero-order valence-corrected chi connectivity index (χ0v) is 14.3. The highest BCUT2D eigenvalue weighted by atomic mass is 19.1. The van der Waals surface area contributed by atoms with E-state index >= 15 is 0 Å². The maximum absolute atomic E-state index is 13.0. The highest BCUT2D eigenvalue weighted by molar-refractivity contribution is 6.02. The minimum absolute atomic E-state index is 0.0870. The third kappa shape index (κ3) is 3.36. The van der Waals surface area contributed by atoms with Crippen LogP contribution in [-0.2, 0) is 17.9 Å². The Balaban J connectivity index is 1.49. The van der Waals surface area contributed by atoms with E-state index in [0.717, 1.165) is 11.3 Å². The van der Waals surface area contributed by atoms with Crippen molar-refractivity contribution in [3.63, 3.8) is 0 Å². The molecule has 6 heteroatoms. The lowest BCUT2D eigenvalue weighted by molar-refractivity contribution is -0.00119. The number of aromatic nitrogens is 2. The summed E-state index contributed by atoms with van der Waals surface area (Å²) in [6.45, 7) is 3.00. The van der Waals surface area contributed by atoms with Crippen LogP contribution in [-0.4, -0.2) is 15.7 Å². The van der Waals surface area contributed by atoms with Crippen LogP contribution in [0.25, 0.3) is 0 Å². The van der Waals surface area contributed by atoms with Gasteiger partial charge in [0.15, 0.2) is 5.69 Å². The number of carbonyl (C=O) groups excluding carboxylic acids is 1. The van der Waals surface area contributed by atoms with Crippen LogP contribution in [0.4, 0.5) is 10.1 Å². The lowest BCUT2D eigenvalue weighted by Gasteiger charge is -2.24. The molecule has 0 fully saturated rings. The molecule has 2 heterocycles. The predicted molar refractivity (Wildman–Crippen MR) is 95.3 cm³/mol. The molecule has 1 aliphatic rings. The molecule has 0 saturated carbocycles. The van der Waals surface area contributed by atoms with Gasteiger partial charge in [0, 0.05) is 5.69 Å². The second kappa shape index (κ2) is 6.72. The van der Waals surface area contributed by atoms with E-state index in [9.17, 15) is 9.18 Å². The number of hydrogen-bond donors (Lipinski definition) is 1. The fourth-order valence-electron chi connectivity index (χ4n) is 2.95. The van der Waals surface area contributed by atoms with E-state index in [4.69, 9.17) is 4.74 Å². The van der Waals surface area contributed by atoms with Crippen molar-refractivity contribution in [2.75, 3.05) is 5.32 Å². The number of fused-ring (bicyclic) bond motifs is 1. The van der Waals surface area contributed by atoms with E-state index in [1.165, 1.54) is 29.8 Å². The summed E-state index contributed by atoms with van der Waals surface area (Å²) in [5, 5.41) is 7.13. The largest absolute Gasteiger partial charge is 0.365 e. The molecule has 5 nitrogen and oxygen atoms in total. The van der Waals surface area contributed by atoms with Gasteiger partial charge >= 0.3 is 0 Å². The van der Waals surface area contributed by atoms with Crippen LogP contribution in [0, 0.1) is 12.7 Å². The average Bonchev–Trinajstić information content (AvgIpc) is 3.08. The van der Waals surface area contributed by atoms with E-state index in [1.807, 2.05) is 11.6 Å². The summed E-state index contributed by atoms with van der Waals surface area (Å²) in [7, 11) is 0. The number of halogens is 1. The minimum atomic E-state index is -0.347. The topological polar surface area (TPSA) is 56.2 Å². The average molecular weight is 351 g/mol. The number of nitrogens with zero attached hydrogens (tertiary/aromatic N) is 2. The molecule has 1 aromatic heterocycles. The van der Waals surface area contributed by atoms with Crippen molar-refractivity contribution in [1.82, 2.24) is 9.78 Å². The Morgan fingerprint density at radius 3 is 2.65 bits per heavy atom. The first-order valence-electron chi connectivity index (χ1n) is 8.40. The van der Waals surface area contributed by atoms with Crippen LogP contribution in [0.5, 0.6) is 0 Å². The number of aryl methyl sites for hydroxylation is 1. The highest BCUT2D eigenvalue weighted by Gasteiger charge is 2.24. The first kappa shape index (κ1) is 16.5. The molecule has 0 saturated heterocycles. The summed E-state index contributed by atoms with van der Waals surface area (Å²) in [4.78, 5) is 12.4. The summed E-state index contributed by atoms with van der Waals surface area (Å²) in [6, 6.07) is 15.6. The molecule has 0 spiro atoms. The number of amides is 1. The molecular weight excluding hydrogens is 333 g/mol. The van der Waals surface area contributed by atoms with Crippen LogP contribution in [0.3, 0.4) is 0 Å². The Bertz CT molecular complexity index is 933. The first-order chi connectivity index (χ1) is 12.6. The van der Waals surface area contributed by atoms with Gasteiger partial charge in [0.25, 0.3) is 5.91 Å². The molecule has 1 amide bonds. The SMILES string of the molecule is Cc1ccc(C2Cn3nc(C(=O)Nc4ccc(F)cc4)cc3CO2)cc1. The van der Waals surface area contributed by atoms with E-state index in [-0.39, 0.29) is 17.8 Å². The van der Waals surface area contributed by atoms with E-state index in [2.05, 4.69) is 34.7 Å². The van der Waals surface area contributed by atoms with E-state index in [1.54, 1.807) is 6.07 Å². The Hall–Kier alpha value is -2.99. The zero-order chi connectivity index (χ0) is 18.1. The molecular formula is C20H18FN3O2. The first-order valence-corrected chi connectivity index (χ1v) is 8.40. The van der Waals surface area contributed by atoms with Gasteiger partial charge in [-0.25, -0.2) is 4.39 Å². The summed E-state index contributed by atoms with van der Waals surface area (Å²) in [5.41, 5.74) is 3.99. The Morgan fingerprint density at radius 1 is 1.19 bits per heavy atom. The van der Waals surface area contributed by atoms with Gasteiger partial charge in [-0.15, -0.1) is 0 Å². The molecule has 1 aliphatic heterocycles. The highest BCUT2D eigenvalue weighted by Crippen LogP contribution is 2.27. The Kier molecular flexibility index (Phi) is 4.26. The lowest BCUT2D eigenvalue weighted by atomic mass is 10.1. The molecule has 0 aliphatic carbocycles. The molecule has 132 valence electrons. The molecule has 1 N–H and O–H groups in total. The number of carbonyl (C=O) groups is 1. The monoisotopic (exact) mass is 351 g/mol. The standard InChI is InChI=1S/C20H18FN3O2/c1-13-2-4-14(5-3-13)19-11-24-17(12-26-19)10-18(23-24)20(25)22-16-8-6-15(21)7-9-16/h2-10,19H,11-12H2,1H3,(H,22,25). The van der Waals surface area contributed by atoms with Crippen molar-refractivity contribution in [3.05, 3.63) is 82.9 Å². The molecule has 2 aromatic carbocycles. The van der Waals surface area contributed by atoms with Crippen molar-refractivity contribution < 1.29 is 13.9 Å². The summed E-state index contributed by atoms with van der Waals surface area (Å²) >= 11 is 0. The van der Waals surface area contributed by atoms with Crippen molar-refractivity contribution in [1.29, 1.82) is 0 Å². The molecule has 26 heavy (non-hydrogen) atoms. The number of rotatable bonds is 3. The van der Waals surface area contributed by atoms with E-state index < -0.39 is 0 Å². The second-order valence-corrected chi connectivity index (χ2v) is 6.37. The Labute approximate surface area is 150 Å². The van der Waals surface area contributed by atoms with Gasteiger partial charge in [-0.3, -0.25) is 9.48 Å². The fourth-order valence-corrected chi connectivity index (χ4v) is 2.95. The molecule has 3 aromatic rings. The summed E-state index contributed by atoms with van der Waals surface area (Å²) < 4.78 is 20.7. The number of benzene rings is 2. The predicted octanol–water partition coefficient (Wildman–Crippen LogP) is 3.85. The quantitative estimate of drug-likeness (QED) is 0.780. The maximum atomic E-state index is 13.0. The minimum Gasteiger partial charge on any atom is -0.365 e. The van der Waals surface area contributed by atoms with Gasteiger partial charge in [-0.1, -0.05) is 29.8 Å². The van der Waals surface area contributed by atoms with Gasteiger partial charge in [0.05, 0.1) is 18.8 Å². The van der Waals surface area contributed by atoms with Crippen molar-refractivity contribution >= 4 is 11.6 Å². The third-order valence-electron chi connectivity index (χ3n) is 4.42. The van der Waals surface area contributed by atoms with Gasteiger partial charge in [-0.05, 0) is 42.8 Å². The number of nitrogens with one attached hydrogen (secondary N) is 1. The molecule has 0 bridgehead atoms. The van der Waals surface area contributed by atoms with Crippen molar-refractivity contribution in [2.45, 2.75) is 26.2 Å². The number of ether oxygens (including phenoxy) is 1. The van der Waals surface area contributed by atoms with Crippen molar-refractivity contribution in [2.24, 2.45) is 0 Å². The fraction of sp³-hybridized carbons (Fsp3) is 0.200. The summed E-state index contributed by atoms with van der Waals surface area (Å²) in [6.07, 6.45) is -0.0870. The van der Waals surface area contributed by atoms with Crippen LogP contribution >= 0.6 is 0 Å². The molecule has 1 unspecified atom stereocenters. The van der Waals surface area contributed by atoms with Gasteiger partial charge in [0.2, 0.25) is 0 Å². The second-order valence-electron chi connectivity index (χ2n) is 6.37. The maximum Gasteiger partial charge on any atom is 0.276 e. The molecule has 0 radical (unpaired) electrons. The van der Waals surface area contributed by atoms with Crippen molar-refractivity contribution in [3.8, 4) is 0 Å². The number of hydrogen-bond acceptors (Lipinski definition) is 3. The van der Waals surface area contributed by atoms with Gasteiger partial charge in [0.1, 0.15) is 11.9 Å². The molecule has 4 rings (SSSR count). The third-order valence-corrected chi connectivity index (χ3v) is 4.42. The zero-order valence-electron chi connectivity index (χ0n) is 14.3. The van der Waals surface area contributed by atoms with Crippen LogP contribution in [0.15, 0.2) is 54.6 Å². The lowest BCUT2D eigenvalue weighted by Crippen LogP contribution is -2.22. The van der Waals surface area contributed by atoms with Crippen LogP contribution in [0.1, 0.15) is 33.4 Å². The van der Waals surface area contributed by atoms with Crippen LogP contribution in [0.2, 0.25) is 0 Å². The van der Waals surface area contributed by atoms with Gasteiger partial charge < -0.3 is 10.1 Å². The smallest absolute Gasteiger partial charge is 0.276 e. The molecule has 1 atom stereocenters. The normalized spacial score (nSPS) is 16.2. The Morgan fingerprint density at radius 2 is 1.92 bits per heavy atom. The van der Waals surface area contributed by atoms with E-state index in [0.29, 0.717) is 24.5 Å². The van der Waals surface area contributed by atoms with Crippen LogP contribution < -0.4 is 5.32 Å². The van der Waals surface area contributed by atoms with Gasteiger partial charge in [-0.2, -0.15) is 5.10 Å². The summed E-state index contributed by atoms with van der Waals surface area (Å²) in [5.74, 6) is -0.676.